The fourth-order valence-corrected chi connectivity index (χ4v) is 3.08. The van der Waals surface area contributed by atoms with Gasteiger partial charge in [0.2, 0.25) is 0 Å². The van der Waals surface area contributed by atoms with E-state index in [1.807, 2.05) is 0 Å². The van der Waals surface area contributed by atoms with E-state index >= 15 is 0 Å². The third-order valence-electron chi connectivity index (χ3n) is 4.72. The van der Waals surface area contributed by atoms with Gasteiger partial charge in [0, 0.05) is 12.1 Å². The summed E-state index contributed by atoms with van der Waals surface area (Å²) in [5, 5.41) is 3.00. The van der Waals surface area contributed by atoms with Gasteiger partial charge in [-0.25, -0.2) is 4.79 Å². The fraction of sp³-hybridized carbons (Fsp3) is 0.579. The van der Waals surface area contributed by atoms with E-state index in [0.717, 1.165) is 19.3 Å². The Morgan fingerprint density at radius 3 is 2.52 bits per heavy atom. The maximum atomic E-state index is 12.4. The summed E-state index contributed by atoms with van der Waals surface area (Å²) >= 11 is 0. The number of nitrogens with one attached hydrogen (secondary N) is 1. The molecule has 1 N–H and O–H groups in total. The molecule has 0 saturated heterocycles. The predicted molar refractivity (Wildman–Crippen MR) is 94.0 cm³/mol. The van der Waals surface area contributed by atoms with E-state index in [0.29, 0.717) is 17.4 Å². The van der Waals surface area contributed by atoms with Crippen molar-refractivity contribution in [3.63, 3.8) is 0 Å². The number of rotatable bonds is 6. The summed E-state index contributed by atoms with van der Waals surface area (Å²) in [6.07, 6.45) is 3.54. The SMILES string of the molecule is COc1ccc(C(=O)O[C@H](C)C(=O)N[C@@H]2CCCC[C@@H]2C)c(OC)c1. The molecule has 0 spiro atoms. The highest BCUT2D eigenvalue weighted by Crippen LogP contribution is 2.26. The van der Waals surface area contributed by atoms with Crippen LogP contribution in [0.25, 0.3) is 0 Å². The molecular formula is C19H27NO5. The van der Waals surface area contributed by atoms with Crippen molar-refractivity contribution in [2.24, 2.45) is 5.92 Å². The van der Waals surface area contributed by atoms with Gasteiger partial charge in [0.1, 0.15) is 17.1 Å². The summed E-state index contributed by atoms with van der Waals surface area (Å²) in [6, 6.07) is 4.96. The van der Waals surface area contributed by atoms with E-state index in [4.69, 9.17) is 14.2 Å². The highest BCUT2D eigenvalue weighted by Gasteiger charge is 2.27. The van der Waals surface area contributed by atoms with Gasteiger partial charge in [0.25, 0.3) is 5.91 Å². The van der Waals surface area contributed by atoms with E-state index in [1.165, 1.54) is 20.6 Å². The molecule has 1 aliphatic carbocycles. The Bertz CT molecular complexity index is 616. The maximum absolute atomic E-state index is 12.4. The van der Waals surface area contributed by atoms with Crippen LogP contribution in [0.5, 0.6) is 11.5 Å². The van der Waals surface area contributed by atoms with Crippen molar-refractivity contribution in [3.05, 3.63) is 23.8 Å². The second kappa shape index (κ2) is 8.74. The average Bonchev–Trinajstić information content (AvgIpc) is 2.62. The van der Waals surface area contributed by atoms with Crippen molar-refractivity contribution >= 4 is 11.9 Å². The van der Waals surface area contributed by atoms with Crippen LogP contribution in [0, 0.1) is 5.92 Å². The van der Waals surface area contributed by atoms with Gasteiger partial charge in [-0.15, -0.1) is 0 Å². The van der Waals surface area contributed by atoms with Crippen LogP contribution in [0.1, 0.15) is 49.9 Å². The van der Waals surface area contributed by atoms with Crippen LogP contribution in [-0.2, 0) is 9.53 Å². The van der Waals surface area contributed by atoms with Crippen molar-refractivity contribution in [1.82, 2.24) is 5.32 Å². The number of hydrogen-bond acceptors (Lipinski definition) is 5. The first-order chi connectivity index (χ1) is 12.0. The lowest BCUT2D eigenvalue weighted by Crippen LogP contribution is -2.46. The van der Waals surface area contributed by atoms with Crippen molar-refractivity contribution in [2.45, 2.75) is 51.7 Å². The van der Waals surface area contributed by atoms with Crippen LogP contribution in [-0.4, -0.2) is 38.2 Å². The number of esters is 1. The van der Waals surface area contributed by atoms with Gasteiger partial charge in [-0.1, -0.05) is 19.8 Å². The quantitative estimate of drug-likeness (QED) is 0.799. The second-order valence-corrected chi connectivity index (χ2v) is 6.49. The molecule has 1 amide bonds. The molecular weight excluding hydrogens is 322 g/mol. The number of carbonyl (C=O) groups is 2. The standard InChI is InChI=1S/C19H27NO5/c1-12-7-5-6-8-16(12)20-18(21)13(2)25-19(22)15-10-9-14(23-3)11-17(15)24-4/h9-13,16H,5-8H2,1-4H3,(H,20,21)/t12-,13+,16+/m0/s1. The number of amides is 1. The van der Waals surface area contributed by atoms with E-state index in [9.17, 15) is 9.59 Å². The molecule has 1 aromatic rings. The predicted octanol–water partition coefficient (Wildman–Crippen LogP) is 2.94. The van der Waals surface area contributed by atoms with E-state index < -0.39 is 12.1 Å². The number of ether oxygens (including phenoxy) is 3. The highest BCUT2D eigenvalue weighted by molar-refractivity contribution is 5.94. The topological polar surface area (TPSA) is 73.9 Å². The fourth-order valence-electron chi connectivity index (χ4n) is 3.08. The van der Waals surface area contributed by atoms with Crippen LogP contribution in [0.3, 0.4) is 0 Å². The molecule has 2 rings (SSSR count). The Balaban J connectivity index is 1.98. The molecule has 0 unspecified atom stereocenters. The Labute approximate surface area is 148 Å². The molecule has 1 aromatic carbocycles. The molecule has 0 aromatic heterocycles. The van der Waals surface area contributed by atoms with E-state index in [1.54, 1.807) is 25.1 Å². The van der Waals surface area contributed by atoms with Gasteiger partial charge >= 0.3 is 5.97 Å². The summed E-state index contributed by atoms with van der Waals surface area (Å²) in [5.41, 5.74) is 0.258. The van der Waals surface area contributed by atoms with Crippen LogP contribution in [0.2, 0.25) is 0 Å². The summed E-state index contributed by atoms with van der Waals surface area (Å²) in [5.74, 6) is 0.504. The zero-order valence-electron chi connectivity index (χ0n) is 15.3. The van der Waals surface area contributed by atoms with Crippen LogP contribution >= 0.6 is 0 Å². The van der Waals surface area contributed by atoms with Crippen molar-refractivity contribution in [3.8, 4) is 11.5 Å². The van der Waals surface area contributed by atoms with Crippen molar-refractivity contribution < 1.29 is 23.8 Å². The summed E-state index contributed by atoms with van der Waals surface area (Å²) in [7, 11) is 3.00. The molecule has 1 fully saturated rings. The Hall–Kier alpha value is -2.24. The monoisotopic (exact) mass is 349 g/mol. The first-order valence-electron chi connectivity index (χ1n) is 8.69. The first-order valence-corrected chi connectivity index (χ1v) is 8.69. The molecule has 0 aliphatic heterocycles. The van der Waals surface area contributed by atoms with Gasteiger partial charge in [-0.3, -0.25) is 4.79 Å². The normalized spacial score (nSPS) is 21.1. The van der Waals surface area contributed by atoms with Crippen molar-refractivity contribution in [2.75, 3.05) is 14.2 Å². The maximum Gasteiger partial charge on any atom is 0.342 e. The molecule has 1 aliphatic rings. The third-order valence-corrected chi connectivity index (χ3v) is 4.72. The van der Waals surface area contributed by atoms with Gasteiger partial charge in [-0.2, -0.15) is 0 Å². The molecule has 0 heterocycles. The van der Waals surface area contributed by atoms with Crippen LogP contribution in [0.4, 0.5) is 0 Å². The minimum atomic E-state index is -0.867. The molecule has 0 radical (unpaired) electrons. The number of hydrogen-bond donors (Lipinski definition) is 1. The lowest BCUT2D eigenvalue weighted by Gasteiger charge is -2.30. The average molecular weight is 349 g/mol. The molecule has 6 nitrogen and oxygen atoms in total. The van der Waals surface area contributed by atoms with Gasteiger partial charge in [-0.05, 0) is 37.8 Å². The lowest BCUT2D eigenvalue weighted by atomic mass is 9.86. The van der Waals surface area contributed by atoms with Gasteiger partial charge < -0.3 is 19.5 Å². The number of benzene rings is 1. The molecule has 3 atom stereocenters. The number of carbonyl (C=O) groups excluding carboxylic acids is 2. The van der Waals surface area contributed by atoms with Gasteiger partial charge in [0.15, 0.2) is 6.10 Å². The Morgan fingerprint density at radius 2 is 1.88 bits per heavy atom. The summed E-state index contributed by atoms with van der Waals surface area (Å²) < 4.78 is 15.6. The Morgan fingerprint density at radius 1 is 1.16 bits per heavy atom. The van der Waals surface area contributed by atoms with E-state index in [-0.39, 0.29) is 17.5 Å². The minimum Gasteiger partial charge on any atom is -0.497 e. The zero-order chi connectivity index (χ0) is 18.4. The Kier molecular flexibility index (Phi) is 6.67. The number of methoxy groups -OCH3 is 2. The van der Waals surface area contributed by atoms with Crippen LogP contribution in [0.15, 0.2) is 18.2 Å². The highest BCUT2D eigenvalue weighted by atomic mass is 16.5. The zero-order valence-corrected chi connectivity index (χ0v) is 15.3. The second-order valence-electron chi connectivity index (χ2n) is 6.49. The summed E-state index contributed by atoms with van der Waals surface area (Å²) in [4.78, 5) is 24.7. The third kappa shape index (κ3) is 4.87. The summed E-state index contributed by atoms with van der Waals surface area (Å²) in [6.45, 7) is 3.72. The smallest absolute Gasteiger partial charge is 0.342 e. The largest absolute Gasteiger partial charge is 0.497 e. The molecule has 1 saturated carbocycles. The first kappa shape index (κ1) is 19.1. The molecule has 6 heteroatoms. The van der Waals surface area contributed by atoms with E-state index in [2.05, 4.69) is 12.2 Å². The van der Waals surface area contributed by atoms with Crippen LogP contribution < -0.4 is 14.8 Å². The minimum absolute atomic E-state index is 0.151. The molecule has 0 bridgehead atoms. The lowest BCUT2D eigenvalue weighted by molar-refractivity contribution is -0.130. The van der Waals surface area contributed by atoms with Gasteiger partial charge in [0.05, 0.1) is 14.2 Å². The van der Waals surface area contributed by atoms with Crippen molar-refractivity contribution in [1.29, 1.82) is 0 Å². The molecule has 25 heavy (non-hydrogen) atoms. The molecule has 138 valence electrons.